The Hall–Kier alpha value is -0.0400. The van der Waals surface area contributed by atoms with Crippen molar-refractivity contribution in [3.05, 3.63) is 0 Å². The molecule has 0 aromatic heterocycles. The molecular weight excluding hydrogens is 136 g/mol. The van der Waals surface area contributed by atoms with E-state index >= 15 is 0 Å². The quantitative estimate of drug-likeness (QED) is 0.521. The van der Waals surface area contributed by atoms with E-state index < -0.39 is 0 Å². The fourth-order valence-electron chi connectivity index (χ4n) is 2.50. The molecule has 1 spiro atoms. The number of hydrogen-bond donors (Lipinski definition) is 0. The fourth-order valence-corrected chi connectivity index (χ4v) is 2.50. The summed E-state index contributed by atoms with van der Waals surface area (Å²) in [7, 11) is 0. The van der Waals surface area contributed by atoms with Gasteiger partial charge in [-0.1, -0.05) is 25.7 Å². The second-order valence-corrected chi connectivity index (χ2v) is 4.05. The number of hydrogen-bond acceptors (Lipinski definition) is 1. The van der Waals surface area contributed by atoms with Gasteiger partial charge in [-0.25, -0.2) is 0 Å². The highest BCUT2D eigenvalue weighted by molar-refractivity contribution is 4.87. The zero-order chi connectivity index (χ0) is 7.57. The predicted molar refractivity (Wildman–Crippen MR) is 45.6 cm³/mol. The highest BCUT2D eigenvalue weighted by atomic mass is 16.5. The standard InChI is InChI=1S/C10H18O/c1-2-6-10(11-9-5-1)7-3-4-8-10/h1-9H2. The van der Waals surface area contributed by atoms with Gasteiger partial charge in [0.2, 0.25) is 0 Å². The molecule has 64 valence electrons. The van der Waals surface area contributed by atoms with E-state index in [1.807, 2.05) is 0 Å². The molecule has 1 heterocycles. The smallest absolute Gasteiger partial charge is 0.0682 e. The van der Waals surface area contributed by atoms with Gasteiger partial charge in [0.1, 0.15) is 0 Å². The van der Waals surface area contributed by atoms with Gasteiger partial charge in [-0.15, -0.1) is 0 Å². The monoisotopic (exact) mass is 154 g/mol. The Morgan fingerprint density at radius 2 is 1.36 bits per heavy atom. The van der Waals surface area contributed by atoms with Crippen molar-refractivity contribution in [2.24, 2.45) is 0 Å². The minimum absolute atomic E-state index is 0.358. The van der Waals surface area contributed by atoms with Crippen LogP contribution in [0.2, 0.25) is 0 Å². The van der Waals surface area contributed by atoms with Crippen LogP contribution in [-0.2, 0) is 4.74 Å². The van der Waals surface area contributed by atoms with Gasteiger partial charge in [0.15, 0.2) is 0 Å². The molecule has 0 unspecified atom stereocenters. The van der Waals surface area contributed by atoms with Crippen molar-refractivity contribution in [2.45, 2.75) is 57.0 Å². The lowest BCUT2D eigenvalue weighted by molar-refractivity contribution is -0.0369. The third-order valence-electron chi connectivity index (χ3n) is 3.20. The summed E-state index contributed by atoms with van der Waals surface area (Å²) in [6.07, 6.45) is 10.9. The fraction of sp³-hybridized carbons (Fsp3) is 1.00. The van der Waals surface area contributed by atoms with Gasteiger partial charge in [-0.2, -0.15) is 0 Å². The summed E-state index contributed by atoms with van der Waals surface area (Å²) in [5.74, 6) is 0. The van der Waals surface area contributed by atoms with Crippen molar-refractivity contribution in [3.8, 4) is 0 Å². The van der Waals surface area contributed by atoms with E-state index in [1.54, 1.807) is 0 Å². The molecule has 1 nitrogen and oxygen atoms in total. The second kappa shape index (κ2) is 3.14. The van der Waals surface area contributed by atoms with Gasteiger partial charge in [0.05, 0.1) is 5.60 Å². The first-order chi connectivity index (χ1) is 5.41. The summed E-state index contributed by atoms with van der Waals surface area (Å²) in [5, 5.41) is 0. The summed E-state index contributed by atoms with van der Waals surface area (Å²) in [4.78, 5) is 0. The Morgan fingerprint density at radius 1 is 0.727 bits per heavy atom. The Balaban J connectivity index is 1.97. The lowest BCUT2D eigenvalue weighted by atomic mass is 9.95. The number of ether oxygens (including phenoxy) is 1. The highest BCUT2D eigenvalue weighted by Crippen LogP contribution is 2.38. The largest absolute Gasteiger partial charge is 0.375 e. The zero-order valence-corrected chi connectivity index (χ0v) is 7.27. The van der Waals surface area contributed by atoms with E-state index in [9.17, 15) is 0 Å². The minimum atomic E-state index is 0.358. The van der Waals surface area contributed by atoms with Gasteiger partial charge in [-0.3, -0.25) is 0 Å². The molecule has 0 atom stereocenters. The first-order valence-corrected chi connectivity index (χ1v) is 5.05. The van der Waals surface area contributed by atoms with E-state index in [0.717, 1.165) is 6.61 Å². The zero-order valence-electron chi connectivity index (χ0n) is 7.27. The molecule has 2 aliphatic rings. The lowest BCUT2D eigenvalue weighted by Crippen LogP contribution is -2.27. The summed E-state index contributed by atoms with van der Waals surface area (Å²) in [6, 6.07) is 0. The maximum Gasteiger partial charge on any atom is 0.0682 e. The van der Waals surface area contributed by atoms with Gasteiger partial charge < -0.3 is 4.74 Å². The van der Waals surface area contributed by atoms with Crippen LogP contribution in [0.5, 0.6) is 0 Å². The van der Waals surface area contributed by atoms with E-state index in [-0.39, 0.29) is 0 Å². The summed E-state index contributed by atoms with van der Waals surface area (Å²) >= 11 is 0. The topological polar surface area (TPSA) is 9.23 Å². The SMILES string of the molecule is C1CCOC2(CC1)CCCC2. The van der Waals surface area contributed by atoms with E-state index in [0.29, 0.717) is 5.60 Å². The average molecular weight is 154 g/mol. The van der Waals surface area contributed by atoms with Crippen LogP contribution in [0.25, 0.3) is 0 Å². The van der Waals surface area contributed by atoms with Crippen LogP contribution < -0.4 is 0 Å². The van der Waals surface area contributed by atoms with Gasteiger partial charge in [0, 0.05) is 6.61 Å². The third kappa shape index (κ3) is 1.58. The molecule has 0 aromatic rings. The first kappa shape index (κ1) is 7.60. The molecule has 1 saturated carbocycles. The molecular formula is C10H18O. The Labute approximate surface area is 69.1 Å². The second-order valence-electron chi connectivity index (χ2n) is 4.05. The summed E-state index contributed by atoms with van der Waals surface area (Å²) in [6.45, 7) is 1.03. The van der Waals surface area contributed by atoms with Gasteiger partial charge in [0.25, 0.3) is 0 Å². The molecule has 1 aliphatic carbocycles. The minimum Gasteiger partial charge on any atom is -0.375 e. The van der Waals surface area contributed by atoms with Crippen LogP contribution in [0.1, 0.15) is 51.4 Å². The predicted octanol–water partition coefficient (Wildman–Crippen LogP) is 2.89. The average Bonchev–Trinajstić information content (AvgIpc) is 2.32. The van der Waals surface area contributed by atoms with Crippen molar-refractivity contribution in [3.63, 3.8) is 0 Å². The van der Waals surface area contributed by atoms with Crippen LogP contribution in [0.4, 0.5) is 0 Å². The van der Waals surface area contributed by atoms with Crippen molar-refractivity contribution in [2.75, 3.05) is 6.61 Å². The van der Waals surface area contributed by atoms with Gasteiger partial charge >= 0.3 is 0 Å². The molecule has 1 saturated heterocycles. The van der Waals surface area contributed by atoms with Crippen LogP contribution in [0, 0.1) is 0 Å². The number of rotatable bonds is 0. The Morgan fingerprint density at radius 3 is 2.09 bits per heavy atom. The Bertz CT molecular complexity index is 115. The molecule has 0 N–H and O–H groups in total. The lowest BCUT2D eigenvalue weighted by Gasteiger charge is -2.27. The van der Waals surface area contributed by atoms with Crippen molar-refractivity contribution < 1.29 is 4.74 Å². The molecule has 1 aliphatic heterocycles. The van der Waals surface area contributed by atoms with Crippen LogP contribution in [0.3, 0.4) is 0 Å². The highest BCUT2D eigenvalue weighted by Gasteiger charge is 2.34. The molecule has 11 heavy (non-hydrogen) atoms. The third-order valence-corrected chi connectivity index (χ3v) is 3.20. The van der Waals surface area contributed by atoms with Crippen LogP contribution >= 0.6 is 0 Å². The van der Waals surface area contributed by atoms with Crippen molar-refractivity contribution in [1.29, 1.82) is 0 Å². The molecule has 1 heteroatoms. The molecule has 0 radical (unpaired) electrons. The maximum absolute atomic E-state index is 5.95. The van der Waals surface area contributed by atoms with Crippen molar-refractivity contribution in [1.82, 2.24) is 0 Å². The Kier molecular flexibility index (Phi) is 2.17. The molecule has 0 bridgehead atoms. The molecule has 2 rings (SSSR count). The summed E-state index contributed by atoms with van der Waals surface area (Å²) in [5.41, 5.74) is 0.358. The van der Waals surface area contributed by atoms with E-state index in [2.05, 4.69) is 0 Å². The van der Waals surface area contributed by atoms with E-state index in [1.165, 1.54) is 51.4 Å². The van der Waals surface area contributed by atoms with Gasteiger partial charge in [-0.05, 0) is 25.7 Å². The normalized spacial score (nSPS) is 30.5. The molecule has 0 aromatic carbocycles. The van der Waals surface area contributed by atoms with E-state index in [4.69, 9.17) is 4.74 Å². The molecule has 2 fully saturated rings. The maximum atomic E-state index is 5.95. The van der Waals surface area contributed by atoms with Crippen LogP contribution in [0.15, 0.2) is 0 Å². The van der Waals surface area contributed by atoms with Crippen molar-refractivity contribution >= 4 is 0 Å². The van der Waals surface area contributed by atoms with Crippen LogP contribution in [-0.4, -0.2) is 12.2 Å². The molecule has 0 amide bonds. The summed E-state index contributed by atoms with van der Waals surface area (Å²) < 4.78 is 5.95. The first-order valence-electron chi connectivity index (χ1n) is 5.05.